The second kappa shape index (κ2) is 10.2. The number of hydrogen-bond acceptors (Lipinski definition) is 3. The van der Waals surface area contributed by atoms with Crippen molar-refractivity contribution < 1.29 is 9.90 Å². The van der Waals surface area contributed by atoms with Crippen LogP contribution < -0.4 is 5.32 Å². The van der Waals surface area contributed by atoms with Crippen molar-refractivity contribution in [3.8, 4) is 0 Å². The van der Waals surface area contributed by atoms with Crippen LogP contribution in [0.3, 0.4) is 0 Å². The summed E-state index contributed by atoms with van der Waals surface area (Å²) < 4.78 is 0. The molecule has 68 valence electrons. The molecule has 0 aliphatic rings. The summed E-state index contributed by atoms with van der Waals surface area (Å²) in [5.74, 6) is 1.13. The summed E-state index contributed by atoms with van der Waals surface area (Å²) in [7, 11) is 0. The summed E-state index contributed by atoms with van der Waals surface area (Å²) in [4.78, 5) is 10.7. The maximum atomic E-state index is 10.7. The molecule has 0 aromatic heterocycles. The number of aliphatic hydroxyl groups is 1. The first-order valence-corrected chi connectivity index (χ1v) is 4.42. The molecule has 0 heterocycles. The largest absolute Gasteiger partial charge is 0.396 e. The molecule has 0 bridgehead atoms. The number of nitrogens with one attached hydrogen (secondary N) is 1. The molecule has 0 radical (unpaired) electrons. The number of carbonyl (C=O) groups excluding carboxylic acids is 1. The van der Waals surface area contributed by atoms with Gasteiger partial charge in [0.25, 0.3) is 0 Å². The maximum absolute atomic E-state index is 10.7. The number of carbonyl (C=O) groups is 1. The van der Waals surface area contributed by atoms with Gasteiger partial charge in [-0.05, 0) is 6.92 Å². The number of hydrogen-bond donors (Lipinski definition) is 2. The molecule has 0 saturated carbocycles. The molecule has 0 aromatic carbocycles. The maximum Gasteiger partial charge on any atom is 0.229 e. The van der Waals surface area contributed by atoms with E-state index < -0.39 is 0 Å². The Morgan fingerprint density at radius 2 is 2.27 bits per heavy atom. The lowest BCUT2D eigenvalue weighted by Crippen LogP contribution is -2.24. The predicted octanol–water partition coefficient (Wildman–Crippen LogP) is -0.0939. The van der Waals surface area contributed by atoms with Crippen LogP contribution in [0, 0.1) is 0 Å². The van der Waals surface area contributed by atoms with Gasteiger partial charge in [-0.3, -0.25) is 4.79 Å². The van der Waals surface area contributed by atoms with Crippen LogP contribution in [0.15, 0.2) is 0 Å². The summed E-state index contributed by atoms with van der Waals surface area (Å²) in [6.45, 7) is 2.71. The lowest BCUT2D eigenvalue weighted by molar-refractivity contribution is -0.118. The minimum absolute atomic E-state index is 0. The fourth-order valence-electron chi connectivity index (χ4n) is 0.478. The molecular weight excluding hydrogens is 181 g/mol. The molecule has 1 atom stereocenters. The molecular formula is C6H16NO2PS. The van der Waals surface area contributed by atoms with Gasteiger partial charge >= 0.3 is 0 Å². The van der Waals surface area contributed by atoms with Crippen molar-refractivity contribution in [3.05, 3.63) is 0 Å². The summed E-state index contributed by atoms with van der Waals surface area (Å²) in [5.41, 5.74) is 0. The first-order chi connectivity index (χ1) is 4.81. The van der Waals surface area contributed by atoms with Gasteiger partial charge in [-0.15, -0.1) is 11.8 Å². The van der Waals surface area contributed by atoms with Crippen LogP contribution >= 0.6 is 21.7 Å². The van der Waals surface area contributed by atoms with Crippen LogP contribution in [0.2, 0.25) is 0 Å². The molecule has 3 nitrogen and oxygen atoms in total. The highest BCUT2D eigenvalue weighted by Gasteiger charge is 1.96. The molecule has 0 aliphatic heterocycles. The summed E-state index contributed by atoms with van der Waals surface area (Å²) >= 11 is 1.44. The smallest absolute Gasteiger partial charge is 0.229 e. The fourth-order valence-corrected chi connectivity index (χ4v) is 1.04. The SMILES string of the molecule is CCNC(=O)CSCCO.P. The zero-order valence-electron chi connectivity index (χ0n) is 6.80. The average Bonchev–Trinajstić information content (AvgIpc) is 1.89. The van der Waals surface area contributed by atoms with Crippen LogP contribution in [0.4, 0.5) is 0 Å². The molecule has 11 heavy (non-hydrogen) atoms. The number of thioether (sulfide) groups is 1. The van der Waals surface area contributed by atoms with E-state index in [0.29, 0.717) is 18.1 Å². The normalized spacial score (nSPS) is 8.55. The van der Waals surface area contributed by atoms with Crippen molar-refractivity contribution in [1.29, 1.82) is 0 Å². The van der Waals surface area contributed by atoms with E-state index in [1.54, 1.807) is 0 Å². The van der Waals surface area contributed by atoms with Gasteiger partial charge in [-0.25, -0.2) is 0 Å². The third-order valence-electron chi connectivity index (χ3n) is 0.843. The molecule has 5 heteroatoms. The Balaban J connectivity index is 0. The average molecular weight is 197 g/mol. The Morgan fingerprint density at radius 3 is 2.73 bits per heavy atom. The van der Waals surface area contributed by atoms with E-state index in [4.69, 9.17) is 5.11 Å². The molecule has 0 saturated heterocycles. The molecule has 2 N–H and O–H groups in total. The van der Waals surface area contributed by atoms with Gasteiger partial charge in [0.1, 0.15) is 0 Å². The quantitative estimate of drug-likeness (QED) is 0.478. The van der Waals surface area contributed by atoms with Crippen LogP contribution in [0.5, 0.6) is 0 Å². The van der Waals surface area contributed by atoms with Gasteiger partial charge in [0.2, 0.25) is 5.91 Å². The Labute approximate surface area is 74.9 Å². The summed E-state index contributed by atoms with van der Waals surface area (Å²) in [6.07, 6.45) is 0. The van der Waals surface area contributed by atoms with Crippen LogP contribution in [0.1, 0.15) is 6.92 Å². The van der Waals surface area contributed by atoms with E-state index in [-0.39, 0.29) is 22.4 Å². The Bertz CT molecular complexity index is 103. The monoisotopic (exact) mass is 197 g/mol. The highest BCUT2D eigenvalue weighted by molar-refractivity contribution is 7.99. The second-order valence-corrected chi connectivity index (χ2v) is 2.83. The first kappa shape index (κ1) is 13.8. The molecule has 0 fully saturated rings. The van der Waals surface area contributed by atoms with Crippen LogP contribution in [-0.4, -0.2) is 35.7 Å². The minimum atomic E-state index is 0. The standard InChI is InChI=1S/C6H13NO2S.H3P/c1-2-7-6(9)5-10-4-3-8;/h8H,2-5H2,1H3,(H,7,9);1H3. The zero-order chi connectivity index (χ0) is 7.82. The Morgan fingerprint density at radius 1 is 1.64 bits per heavy atom. The van der Waals surface area contributed by atoms with Crippen LogP contribution in [-0.2, 0) is 4.79 Å². The molecule has 0 aromatic rings. The Kier molecular flexibility index (Phi) is 12.8. The van der Waals surface area contributed by atoms with Gasteiger partial charge in [0.15, 0.2) is 0 Å². The van der Waals surface area contributed by atoms with E-state index in [1.165, 1.54) is 11.8 Å². The van der Waals surface area contributed by atoms with E-state index in [0.717, 1.165) is 0 Å². The van der Waals surface area contributed by atoms with Gasteiger partial charge in [-0.2, -0.15) is 9.90 Å². The van der Waals surface area contributed by atoms with Crippen molar-refractivity contribution in [3.63, 3.8) is 0 Å². The van der Waals surface area contributed by atoms with Crippen molar-refractivity contribution in [2.45, 2.75) is 6.92 Å². The second-order valence-electron chi connectivity index (χ2n) is 1.73. The van der Waals surface area contributed by atoms with E-state index in [2.05, 4.69) is 5.32 Å². The number of rotatable bonds is 5. The molecule has 1 unspecified atom stereocenters. The van der Waals surface area contributed by atoms with Crippen molar-refractivity contribution >= 4 is 27.6 Å². The van der Waals surface area contributed by atoms with Crippen molar-refractivity contribution in [2.75, 3.05) is 24.7 Å². The minimum Gasteiger partial charge on any atom is -0.396 e. The number of amides is 1. The zero-order valence-corrected chi connectivity index (χ0v) is 9.03. The third-order valence-corrected chi connectivity index (χ3v) is 1.78. The first-order valence-electron chi connectivity index (χ1n) is 3.26. The molecule has 0 spiro atoms. The molecule has 1 amide bonds. The van der Waals surface area contributed by atoms with Crippen molar-refractivity contribution in [1.82, 2.24) is 5.32 Å². The van der Waals surface area contributed by atoms with Gasteiger partial charge in [0.05, 0.1) is 12.4 Å². The van der Waals surface area contributed by atoms with Gasteiger partial charge < -0.3 is 10.4 Å². The summed E-state index contributed by atoms with van der Waals surface area (Å²) in [6, 6.07) is 0. The highest BCUT2D eigenvalue weighted by Crippen LogP contribution is 1.96. The lowest BCUT2D eigenvalue weighted by Gasteiger charge is -1.99. The molecule has 0 rings (SSSR count). The van der Waals surface area contributed by atoms with E-state index >= 15 is 0 Å². The van der Waals surface area contributed by atoms with E-state index in [1.807, 2.05) is 6.92 Å². The fraction of sp³-hybridized carbons (Fsp3) is 0.833. The van der Waals surface area contributed by atoms with Crippen molar-refractivity contribution in [2.24, 2.45) is 0 Å². The highest BCUT2D eigenvalue weighted by atomic mass is 32.2. The lowest BCUT2D eigenvalue weighted by atomic mass is 10.6. The summed E-state index contributed by atoms with van der Waals surface area (Å²) in [5, 5.41) is 11.0. The predicted molar refractivity (Wildman–Crippen MR) is 54.2 cm³/mol. The van der Waals surface area contributed by atoms with Gasteiger partial charge in [-0.1, -0.05) is 0 Å². The third kappa shape index (κ3) is 10.2. The molecule has 0 aliphatic carbocycles. The number of aliphatic hydroxyl groups excluding tert-OH is 1. The van der Waals surface area contributed by atoms with Gasteiger partial charge in [0, 0.05) is 12.3 Å². The topological polar surface area (TPSA) is 49.3 Å². The Hall–Kier alpha value is 0.210. The van der Waals surface area contributed by atoms with E-state index in [9.17, 15) is 4.79 Å². The van der Waals surface area contributed by atoms with Crippen LogP contribution in [0.25, 0.3) is 0 Å².